The number of hydrogen-bond acceptors (Lipinski definition) is 4. The summed E-state index contributed by atoms with van der Waals surface area (Å²) >= 11 is 0. The molecule has 0 radical (unpaired) electrons. The van der Waals surface area contributed by atoms with E-state index in [-0.39, 0.29) is 18.4 Å². The quantitative estimate of drug-likeness (QED) is 0.853. The van der Waals surface area contributed by atoms with Gasteiger partial charge in [-0.2, -0.15) is 0 Å². The summed E-state index contributed by atoms with van der Waals surface area (Å²) in [5.74, 6) is -0.517. The van der Waals surface area contributed by atoms with Gasteiger partial charge in [0.15, 0.2) is 0 Å². The Morgan fingerprint density at radius 3 is 2.42 bits per heavy atom. The molecule has 1 aromatic rings. The summed E-state index contributed by atoms with van der Waals surface area (Å²) in [5, 5.41) is 12.4. The van der Waals surface area contributed by atoms with Gasteiger partial charge in [-0.25, -0.2) is 0 Å². The summed E-state index contributed by atoms with van der Waals surface area (Å²) < 4.78 is 5.00. The van der Waals surface area contributed by atoms with Crippen molar-refractivity contribution in [1.29, 1.82) is 0 Å². The monoisotopic (exact) mass is 268 g/mol. The summed E-state index contributed by atoms with van der Waals surface area (Å²) in [6, 6.07) is -0.00463. The Morgan fingerprint density at radius 2 is 2.00 bits per heavy atom. The molecule has 19 heavy (non-hydrogen) atoms. The molecule has 1 rings (SSSR count). The number of aryl methyl sites for hydroxylation is 2. The number of aromatic nitrogens is 1. The predicted molar refractivity (Wildman–Crippen MR) is 69.0 cm³/mol. The first-order valence-corrected chi connectivity index (χ1v) is 6.30. The fourth-order valence-corrected chi connectivity index (χ4v) is 1.93. The van der Waals surface area contributed by atoms with Crippen LogP contribution < -0.4 is 0 Å². The topological polar surface area (TPSA) is 83.6 Å². The van der Waals surface area contributed by atoms with Gasteiger partial charge in [-0.3, -0.25) is 9.59 Å². The van der Waals surface area contributed by atoms with E-state index in [1.165, 1.54) is 0 Å². The van der Waals surface area contributed by atoms with E-state index in [0.29, 0.717) is 30.0 Å². The number of nitrogens with zero attached hydrogens (tertiary/aromatic N) is 2. The van der Waals surface area contributed by atoms with Crippen LogP contribution >= 0.6 is 0 Å². The van der Waals surface area contributed by atoms with Gasteiger partial charge >= 0.3 is 5.97 Å². The summed E-state index contributed by atoms with van der Waals surface area (Å²) in [6.07, 6.45) is 0.487. The molecular weight excluding hydrogens is 248 g/mol. The van der Waals surface area contributed by atoms with Gasteiger partial charge < -0.3 is 14.5 Å². The van der Waals surface area contributed by atoms with Crippen LogP contribution in [0.4, 0.5) is 0 Å². The molecular formula is C13H20N2O4. The third kappa shape index (κ3) is 3.81. The molecule has 0 saturated heterocycles. The third-order valence-electron chi connectivity index (χ3n) is 2.92. The van der Waals surface area contributed by atoms with Crippen LogP contribution in [0, 0.1) is 13.8 Å². The van der Waals surface area contributed by atoms with Crippen LogP contribution in [0.25, 0.3) is 0 Å². The second-order valence-corrected chi connectivity index (χ2v) is 4.79. The molecule has 0 fully saturated rings. The fraction of sp³-hybridized carbons (Fsp3) is 0.615. The van der Waals surface area contributed by atoms with Crippen LogP contribution in [0.3, 0.4) is 0 Å². The maximum absolute atomic E-state index is 12.4. The van der Waals surface area contributed by atoms with Crippen molar-refractivity contribution in [2.75, 3.05) is 6.54 Å². The van der Waals surface area contributed by atoms with E-state index in [2.05, 4.69) is 5.16 Å². The van der Waals surface area contributed by atoms with E-state index < -0.39 is 5.97 Å². The number of amides is 1. The van der Waals surface area contributed by atoms with Crippen molar-refractivity contribution in [1.82, 2.24) is 10.1 Å². The maximum atomic E-state index is 12.4. The normalized spacial score (nSPS) is 10.8. The van der Waals surface area contributed by atoms with Gasteiger partial charge in [-0.05, 0) is 34.1 Å². The SMILES string of the molecule is Cc1noc(C)c1C(=O)N(CCCC(=O)O)C(C)C. The highest BCUT2D eigenvalue weighted by molar-refractivity contribution is 5.96. The van der Waals surface area contributed by atoms with E-state index in [0.717, 1.165) is 0 Å². The van der Waals surface area contributed by atoms with Crippen LogP contribution in [0.5, 0.6) is 0 Å². The first-order chi connectivity index (χ1) is 8.84. The first kappa shape index (κ1) is 15.2. The van der Waals surface area contributed by atoms with Gasteiger partial charge in [0.2, 0.25) is 0 Å². The van der Waals surface area contributed by atoms with E-state index >= 15 is 0 Å². The molecule has 0 bridgehead atoms. The first-order valence-electron chi connectivity index (χ1n) is 6.30. The molecule has 1 amide bonds. The minimum Gasteiger partial charge on any atom is -0.481 e. The Hall–Kier alpha value is -1.85. The smallest absolute Gasteiger partial charge is 0.303 e. The molecule has 0 saturated carbocycles. The van der Waals surface area contributed by atoms with Gasteiger partial charge in [0.05, 0.1) is 5.69 Å². The van der Waals surface area contributed by atoms with E-state index in [9.17, 15) is 9.59 Å². The lowest BCUT2D eigenvalue weighted by Gasteiger charge is -2.26. The van der Waals surface area contributed by atoms with Crippen LogP contribution in [0.15, 0.2) is 4.52 Å². The molecule has 6 heteroatoms. The van der Waals surface area contributed by atoms with Crippen LogP contribution in [0.1, 0.15) is 48.5 Å². The summed E-state index contributed by atoms with van der Waals surface area (Å²) in [4.78, 5) is 24.6. The van der Waals surface area contributed by atoms with Gasteiger partial charge in [0.25, 0.3) is 5.91 Å². The lowest BCUT2D eigenvalue weighted by Crippen LogP contribution is -2.38. The highest BCUT2D eigenvalue weighted by atomic mass is 16.5. The summed E-state index contributed by atoms with van der Waals surface area (Å²) in [6.45, 7) is 7.63. The minimum absolute atomic E-state index is 0.00463. The van der Waals surface area contributed by atoms with Gasteiger partial charge in [-0.15, -0.1) is 0 Å². The largest absolute Gasteiger partial charge is 0.481 e. The molecule has 0 aromatic carbocycles. The average Bonchev–Trinajstić information content (AvgIpc) is 2.63. The number of carbonyl (C=O) groups excluding carboxylic acids is 1. The van der Waals surface area contributed by atoms with Crippen LogP contribution in [-0.2, 0) is 4.79 Å². The van der Waals surface area contributed by atoms with Gasteiger partial charge in [0.1, 0.15) is 11.3 Å². The third-order valence-corrected chi connectivity index (χ3v) is 2.92. The predicted octanol–water partition coefficient (Wildman–Crippen LogP) is 2.01. The van der Waals surface area contributed by atoms with Crippen molar-refractivity contribution in [3.05, 3.63) is 17.0 Å². The highest BCUT2D eigenvalue weighted by Gasteiger charge is 2.24. The number of carbonyl (C=O) groups is 2. The van der Waals surface area contributed by atoms with Crippen molar-refractivity contribution in [3.8, 4) is 0 Å². The molecule has 1 aromatic heterocycles. The molecule has 0 aliphatic heterocycles. The number of carboxylic acids is 1. The second kappa shape index (κ2) is 6.36. The molecule has 0 unspecified atom stereocenters. The average molecular weight is 268 g/mol. The number of aliphatic carboxylic acids is 1. The Morgan fingerprint density at radius 1 is 1.37 bits per heavy atom. The zero-order valence-electron chi connectivity index (χ0n) is 11.8. The molecule has 1 heterocycles. The molecule has 106 valence electrons. The van der Waals surface area contributed by atoms with E-state index in [4.69, 9.17) is 9.63 Å². The maximum Gasteiger partial charge on any atom is 0.303 e. The van der Waals surface area contributed by atoms with Crippen molar-refractivity contribution in [2.24, 2.45) is 0 Å². The Bertz CT molecular complexity index is 446. The second-order valence-electron chi connectivity index (χ2n) is 4.79. The molecule has 6 nitrogen and oxygen atoms in total. The van der Waals surface area contributed by atoms with Gasteiger partial charge in [0, 0.05) is 19.0 Å². The number of rotatable bonds is 6. The van der Waals surface area contributed by atoms with Crippen molar-refractivity contribution in [2.45, 2.75) is 46.6 Å². The van der Waals surface area contributed by atoms with Gasteiger partial charge in [-0.1, -0.05) is 5.16 Å². The summed E-state index contributed by atoms with van der Waals surface area (Å²) in [5.41, 5.74) is 1.04. The zero-order valence-corrected chi connectivity index (χ0v) is 11.8. The fourth-order valence-electron chi connectivity index (χ4n) is 1.93. The van der Waals surface area contributed by atoms with E-state index in [1.807, 2.05) is 13.8 Å². The molecule has 0 aliphatic rings. The lowest BCUT2D eigenvalue weighted by molar-refractivity contribution is -0.137. The number of hydrogen-bond donors (Lipinski definition) is 1. The zero-order chi connectivity index (χ0) is 14.6. The minimum atomic E-state index is -0.853. The standard InChI is InChI=1S/C13H20N2O4/c1-8(2)15(7-5-6-11(16)17)13(18)12-9(3)14-19-10(12)4/h8H,5-7H2,1-4H3,(H,16,17). The molecule has 0 spiro atoms. The van der Waals surface area contributed by atoms with E-state index in [1.54, 1.807) is 18.7 Å². The highest BCUT2D eigenvalue weighted by Crippen LogP contribution is 2.17. The van der Waals surface area contributed by atoms with Crippen molar-refractivity contribution >= 4 is 11.9 Å². The molecule has 1 N–H and O–H groups in total. The Labute approximate surface area is 112 Å². The van der Waals surface area contributed by atoms with Crippen molar-refractivity contribution < 1.29 is 19.2 Å². The van der Waals surface area contributed by atoms with Crippen LogP contribution in [0.2, 0.25) is 0 Å². The summed E-state index contributed by atoms with van der Waals surface area (Å²) in [7, 11) is 0. The van der Waals surface area contributed by atoms with Crippen molar-refractivity contribution in [3.63, 3.8) is 0 Å². The Kier molecular flexibility index (Phi) is 5.09. The lowest BCUT2D eigenvalue weighted by atomic mass is 10.1. The molecule has 0 aliphatic carbocycles. The molecule has 0 atom stereocenters. The van der Waals surface area contributed by atoms with Crippen LogP contribution in [-0.4, -0.2) is 39.6 Å². The Balaban J connectivity index is 2.82. The number of carboxylic acid groups (broad SMARTS) is 1.